The van der Waals surface area contributed by atoms with Crippen molar-refractivity contribution in [3.8, 4) is 0 Å². The van der Waals surface area contributed by atoms with E-state index in [0.717, 1.165) is 0 Å². The van der Waals surface area contributed by atoms with Crippen LogP contribution in [0.2, 0.25) is 0 Å². The van der Waals surface area contributed by atoms with E-state index in [4.69, 9.17) is 4.79 Å². The first-order valence-corrected chi connectivity index (χ1v) is 4.09. The van der Waals surface area contributed by atoms with Crippen molar-refractivity contribution in [3.05, 3.63) is 0 Å². The molecule has 0 aliphatic rings. The van der Waals surface area contributed by atoms with Gasteiger partial charge in [-0.1, -0.05) is 39.9 Å². The van der Waals surface area contributed by atoms with Gasteiger partial charge in [0.2, 0.25) is 6.41 Å². The minimum absolute atomic E-state index is 0. The Labute approximate surface area is 101 Å². The van der Waals surface area contributed by atoms with Gasteiger partial charge in [0, 0.05) is 21.1 Å². The molecule has 0 saturated heterocycles. The molecule has 0 spiro atoms. The van der Waals surface area contributed by atoms with Crippen molar-refractivity contribution in [1.82, 2.24) is 0 Å². The van der Waals surface area contributed by atoms with Crippen molar-refractivity contribution in [2.45, 2.75) is 27.7 Å². The Morgan fingerprint density at radius 2 is 1.23 bits per heavy atom. The Morgan fingerprint density at radius 3 is 1.23 bits per heavy atom. The molecule has 0 saturated carbocycles. The summed E-state index contributed by atoms with van der Waals surface area (Å²) in [5.41, 5.74) is 1.22. The number of hydrogen-bond donors (Lipinski definition) is 0. The van der Waals surface area contributed by atoms with Gasteiger partial charge in [0.1, 0.15) is 0 Å². The number of thiocarbonyl (C=S) groups is 1. The van der Waals surface area contributed by atoms with Crippen LogP contribution in [0.5, 0.6) is 0 Å². The maximum Gasteiger partial charge on any atom is 0.232 e. The number of carbonyl (C=O) groups is 1. The molecule has 1 amide bonds. The van der Waals surface area contributed by atoms with Crippen molar-refractivity contribution in [3.63, 3.8) is 0 Å². The summed E-state index contributed by atoms with van der Waals surface area (Å²) in [4.78, 5) is 14.9. The fourth-order valence-electron chi connectivity index (χ4n) is 0. The average molecular weight is 374 g/mol. The summed E-state index contributed by atoms with van der Waals surface area (Å²) in [7, 11) is 0. The SMILES string of the molecule is C=NC=O.C=NC=S.CC.CC.[W]. The number of hydrogen-bond acceptors (Lipinski definition) is 2. The number of carbonyl (C=O) groups excluding carboxylic acids is 1. The topological polar surface area (TPSA) is 41.8 Å². The largest absolute Gasteiger partial charge is 0.276 e. The molecule has 0 bridgehead atoms. The minimum atomic E-state index is 0. The zero-order valence-corrected chi connectivity index (χ0v) is 12.4. The van der Waals surface area contributed by atoms with Crippen molar-refractivity contribution in [2.24, 2.45) is 9.98 Å². The van der Waals surface area contributed by atoms with Crippen LogP contribution in [0.3, 0.4) is 0 Å². The fourth-order valence-corrected chi connectivity index (χ4v) is 0. The third-order valence-corrected chi connectivity index (χ3v) is 0.298. The standard InChI is InChI=1S/C2H3NO.C2H3NS.2C2H6.W/c2*1-3-2-4;2*1-2;/h2*2H,1H2;2*1-2H3;. The van der Waals surface area contributed by atoms with Gasteiger partial charge >= 0.3 is 0 Å². The normalized spacial score (nSPS) is 4.00. The molecule has 0 aliphatic carbocycles. The van der Waals surface area contributed by atoms with Crippen LogP contribution in [0.1, 0.15) is 27.7 Å². The van der Waals surface area contributed by atoms with Gasteiger partial charge in [-0.15, -0.1) is 0 Å². The molecule has 0 aromatic carbocycles. The van der Waals surface area contributed by atoms with E-state index in [1.807, 2.05) is 27.7 Å². The van der Waals surface area contributed by atoms with Crippen molar-refractivity contribution in [1.29, 1.82) is 0 Å². The van der Waals surface area contributed by atoms with Crippen molar-refractivity contribution < 1.29 is 25.9 Å². The number of nitrogens with zero attached hydrogens (tertiary/aromatic N) is 2. The number of amides is 1. The smallest absolute Gasteiger partial charge is 0.232 e. The summed E-state index contributed by atoms with van der Waals surface area (Å²) < 4.78 is 0. The summed E-state index contributed by atoms with van der Waals surface area (Å²) in [5.74, 6) is 0. The Hall–Kier alpha value is -0.212. The second kappa shape index (κ2) is 95.6. The third-order valence-electron chi connectivity index (χ3n) is 0.149. The molecule has 3 nitrogen and oxygen atoms in total. The molecule has 0 unspecified atom stereocenters. The Morgan fingerprint density at radius 1 is 1.08 bits per heavy atom. The molecule has 0 rings (SSSR count). The van der Waals surface area contributed by atoms with Crippen molar-refractivity contribution in [2.75, 3.05) is 0 Å². The third kappa shape index (κ3) is 353. The molecule has 0 aliphatic heterocycles. The molecule has 78 valence electrons. The Kier molecular flexibility index (Phi) is 215. The van der Waals surface area contributed by atoms with Gasteiger partial charge in [0.25, 0.3) is 0 Å². The zero-order chi connectivity index (χ0) is 10.8. The molecule has 0 fully saturated rings. The van der Waals surface area contributed by atoms with E-state index in [2.05, 4.69) is 35.6 Å². The summed E-state index contributed by atoms with van der Waals surface area (Å²) in [6, 6.07) is 0. The molecule has 5 heteroatoms. The van der Waals surface area contributed by atoms with Crippen LogP contribution in [0.4, 0.5) is 0 Å². The van der Waals surface area contributed by atoms with Crippen LogP contribution in [-0.4, -0.2) is 25.3 Å². The summed E-state index contributed by atoms with van der Waals surface area (Å²) in [5, 5.41) is 0. The van der Waals surface area contributed by atoms with E-state index < -0.39 is 0 Å². The van der Waals surface area contributed by atoms with Crippen LogP contribution in [0, 0.1) is 0 Å². The van der Waals surface area contributed by atoms with Gasteiger partial charge in [-0.2, -0.15) is 0 Å². The molecule has 0 atom stereocenters. The Balaban J connectivity index is -0.0000000226. The van der Waals surface area contributed by atoms with E-state index in [9.17, 15) is 0 Å². The van der Waals surface area contributed by atoms with E-state index >= 15 is 0 Å². The second-order valence-corrected chi connectivity index (χ2v) is 0.787. The molecule has 0 aromatic rings. The van der Waals surface area contributed by atoms with E-state index in [1.165, 1.54) is 5.49 Å². The van der Waals surface area contributed by atoms with Crippen LogP contribution >= 0.6 is 12.2 Å². The van der Waals surface area contributed by atoms with Gasteiger partial charge in [0.05, 0.1) is 5.49 Å². The van der Waals surface area contributed by atoms with E-state index in [-0.39, 0.29) is 21.1 Å². The van der Waals surface area contributed by atoms with E-state index in [1.54, 1.807) is 0 Å². The summed E-state index contributed by atoms with van der Waals surface area (Å²) >= 11 is 4.20. The zero-order valence-electron chi connectivity index (χ0n) is 8.69. The van der Waals surface area contributed by atoms with E-state index in [0.29, 0.717) is 6.41 Å². The van der Waals surface area contributed by atoms with Gasteiger partial charge in [-0.05, 0) is 13.4 Å². The van der Waals surface area contributed by atoms with Crippen LogP contribution < -0.4 is 0 Å². The first kappa shape index (κ1) is 29.3. The number of aliphatic imine (C=N–C) groups is 2. The molecule has 0 aromatic heterocycles. The molecule has 0 N–H and O–H groups in total. The van der Waals surface area contributed by atoms with Crippen LogP contribution in [-0.2, 0) is 25.9 Å². The van der Waals surface area contributed by atoms with Crippen LogP contribution in [0.15, 0.2) is 9.98 Å². The summed E-state index contributed by atoms with van der Waals surface area (Å²) in [6.07, 6.45) is 0.389. The second-order valence-electron chi connectivity index (χ2n) is 0.576. The predicted molar refractivity (Wildman–Crippen MR) is 61.5 cm³/mol. The van der Waals surface area contributed by atoms with Gasteiger partial charge < -0.3 is 0 Å². The minimum Gasteiger partial charge on any atom is -0.276 e. The van der Waals surface area contributed by atoms with Gasteiger partial charge in [-0.25, -0.2) is 4.99 Å². The van der Waals surface area contributed by atoms with Crippen molar-refractivity contribution >= 4 is 37.6 Å². The average Bonchev–Trinajstić information content (AvgIpc) is 2.23. The predicted octanol–water partition coefficient (Wildman–Crippen LogP) is 2.54. The Bertz CT molecular complexity index is 76.1. The monoisotopic (exact) mass is 374 g/mol. The quantitative estimate of drug-likeness (QED) is 0.424. The molecule has 0 radical (unpaired) electrons. The molecule has 0 heterocycles. The maximum absolute atomic E-state index is 8.94. The van der Waals surface area contributed by atoms with Crippen LogP contribution in [0.25, 0.3) is 0 Å². The maximum atomic E-state index is 8.94. The van der Waals surface area contributed by atoms with Gasteiger partial charge in [0.15, 0.2) is 0 Å². The number of rotatable bonds is 2. The van der Waals surface area contributed by atoms with Gasteiger partial charge in [-0.3, -0.25) is 9.79 Å². The molecular weight excluding hydrogens is 356 g/mol. The summed E-state index contributed by atoms with van der Waals surface area (Å²) in [6.45, 7) is 13.9. The molecular formula is C8H18N2OSW. The molecule has 13 heavy (non-hydrogen) atoms. The fraction of sp³-hybridized carbons (Fsp3) is 0.500. The first-order valence-electron chi connectivity index (χ1n) is 3.62. The first-order chi connectivity index (χ1) is 5.83.